The largest absolute Gasteiger partial charge is 0.340 e. The van der Waals surface area contributed by atoms with Crippen molar-refractivity contribution in [3.63, 3.8) is 0 Å². The molecule has 6 heteroatoms. The molecule has 4 rings (SSSR count). The minimum atomic E-state index is -0.181. The van der Waals surface area contributed by atoms with Gasteiger partial charge in [-0.15, -0.1) is 0 Å². The van der Waals surface area contributed by atoms with Crippen LogP contribution < -0.4 is 10.6 Å². The van der Waals surface area contributed by atoms with Crippen LogP contribution >= 0.6 is 15.9 Å². The molecule has 1 heterocycles. The fourth-order valence-corrected chi connectivity index (χ4v) is 3.25. The maximum Gasteiger partial charge on any atom is 0.255 e. The Kier molecular flexibility index (Phi) is 5.63. The van der Waals surface area contributed by atoms with Gasteiger partial charge in [0, 0.05) is 33.0 Å². The van der Waals surface area contributed by atoms with Gasteiger partial charge in [0.05, 0.1) is 5.69 Å². The normalized spacial score (nSPS) is 10.4. The molecule has 0 saturated heterocycles. The first-order valence-electron chi connectivity index (χ1n) is 8.99. The van der Waals surface area contributed by atoms with Crippen LogP contribution in [-0.4, -0.2) is 15.9 Å². The summed E-state index contributed by atoms with van der Waals surface area (Å²) in [6.45, 7) is 0. The number of benzene rings is 3. The van der Waals surface area contributed by atoms with Crippen molar-refractivity contribution < 1.29 is 4.79 Å². The van der Waals surface area contributed by atoms with Crippen LogP contribution in [0.25, 0.3) is 11.3 Å². The van der Waals surface area contributed by atoms with E-state index in [4.69, 9.17) is 0 Å². The monoisotopic (exact) mass is 444 g/mol. The van der Waals surface area contributed by atoms with Gasteiger partial charge in [0.15, 0.2) is 0 Å². The highest BCUT2D eigenvalue weighted by Gasteiger charge is 2.08. The fourth-order valence-electron chi connectivity index (χ4n) is 2.85. The van der Waals surface area contributed by atoms with E-state index < -0.39 is 0 Å². The van der Waals surface area contributed by atoms with Gasteiger partial charge in [-0.25, -0.2) is 9.97 Å². The number of nitrogens with one attached hydrogen (secondary N) is 2. The Balaban J connectivity index is 1.51. The maximum absolute atomic E-state index is 12.6. The molecule has 0 aliphatic heterocycles. The summed E-state index contributed by atoms with van der Waals surface area (Å²) in [6, 6.07) is 26.5. The zero-order chi connectivity index (χ0) is 20.1. The number of anilines is 3. The van der Waals surface area contributed by atoms with E-state index in [0.29, 0.717) is 11.4 Å². The lowest BCUT2D eigenvalue weighted by Gasteiger charge is -2.10. The Morgan fingerprint density at radius 3 is 2.41 bits per heavy atom. The van der Waals surface area contributed by atoms with Crippen molar-refractivity contribution in [1.29, 1.82) is 0 Å². The predicted octanol–water partition coefficient (Wildman–Crippen LogP) is 5.90. The number of amides is 1. The molecule has 0 fully saturated rings. The molecule has 0 aliphatic carbocycles. The first-order chi connectivity index (χ1) is 14.2. The third-order valence-electron chi connectivity index (χ3n) is 4.22. The molecule has 0 atom stereocenters. The van der Waals surface area contributed by atoms with Gasteiger partial charge in [0.25, 0.3) is 5.91 Å². The quantitative estimate of drug-likeness (QED) is 0.401. The topological polar surface area (TPSA) is 66.9 Å². The third kappa shape index (κ3) is 4.86. The van der Waals surface area contributed by atoms with Gasteiger partial charge in [-0.2, -0.15) is 0 Å². The van der Waals surface area contributed by atoms with E-state index in [-0.39, 0.29) is 5.91 Å². The van der Waals surface area contributed by atoms with Crippen LogP contribution in [0.15, 0.2) is 95.7 Å². The van der Waals surface area contributed by atoms with Crippen LogP contribution in [0.1, 0.15) is 10.4 Å². The van der Waals surface area contributed by atoms with Crippen LogP contribution in [0, 0.1) is 0 Å². The van der Waals surface area contributed by atoms with Crippen molar-refractivity contribution >= 4 is 39.0 Å². The minimum Gasteiger partial charge on any atom is -0.340 e. The van der Waals surface area contributed by atoms with Gasteiger partial charge in [-0.1, -0.05) is 58.4 Å². The first-order valence-corrected chi connectivity index (χ1v) is 9.78. The zero-order valence-corrected chi connectivity index (χ0v) is 16.9. The average molecular weight is 445 g/mol. The Hall–Kier alpha value is -3.51. The number of rotatable bonds is 5. The van der Waals surface area contributed by atoms with E-state index in [1.54, 1.807) is 12.1 Å². The average Bonchev–Trinajstić information content (AvgIpc) is 2.75. The molecule has 3 aromatic carbocycles. The number of hydrogen-bond acceptors (Lipinski definition) is 4. The summed E-state index contributed by atoms with van der Waals surface area (Å²) in [5, 5.41) is 6.14. The van der Waals surface area contributed by atoms with E-state index in [1.165, 1.54) is 6.33 Å². The summed E-state index contributed by atoms with van der Waals surface area (Å²) in [7, 11) is 0. The zero-order valence-electron chi connectivity index (χ0n) is 15.3. The van der Waals surface area contributed by atoms with Crippen LogP contribution in [0.3, 0.4) is 0 Å². The second-order valence-electron chi connectivity index (χ2n) is 6.32. The first kappa shape index (κ1) is 18.8. The molecule has 29 heavy (non-hydrogen) atoms. The van der Waals surface area contributed by atoms with Crippen molar-refractivity contribution in [1.82, 2.24) is 9.97 Å². The third-order valence-corrected chi connectivity index (χ3v) is 4.71. The lowest BCUT2D eigenvalue weighted by Crippen LogP contribution is -2.12. The number of carbonyl (C=O) groups is 1. The van der Waals surface area contributed by atoms with Crippen LogP contribution in [0.4, 0.5) is 17.2 Å². The summed E-state index contributed by atoms with van der Waals surface area (Å²) in [5.41, 5.74) is 3.88. The van der Waals surface area contributed by atoms with Gasteiger partial charge in [0.2, 0.25) is 0 Å². The van der Waals surface area contributed by atoms with Crippen molar-refractivity contribution in [2.75, 3.05) is 10.6 Å². The Labute approximate surface area is 177 Å². The van der Waals surface area contributed by atoms with E-state index in [2.05, 4.69) is 36.5 Å². The molecule has 0 aliphatic rings. The van der Waals surface area contributed by atoms with Gasteiger partial charge < -0.3 is 10.6 Å². The second-order valence-corrected chi connectivity index (χ2v) is 7.24. The van der Waals surface area contributed by atoms with E-state index in [0.717, 1.165) is 27.1 Å². The minimum absolute atomic E-state index is 0.181. The number of halogens is 1. The van der Waals surface area contributed by atoms with Gasteiger partial charge in [0.1, 0.15) is 12.1 Å². The van der Waals surface area contributed by atoms with E-state index >= 15 is 0 Å². The molecule has 0 bridgehead atoms. The predicted molar refractivity (Wildman–Crippen MR) is 119 cm³/mol. The highest BCUT2D eigenvalue weighted by atomic mass is 79.9. The van der Waals surface area contributed by atoms with Crippen LogP contribution in [0.5, 0.6) is 0 Å². The van der Waals surface area contributed by atoms with Crippen molar-refractivity contribution in [2.45, 2.75) is 0 Å². The molecular formula is C23H17BrN4O. The fraction of sp³-hybridized carbons (Fsp3) is 0. The molecule has 4 aromatic rings. The molecule has 1 aromatic heterocycles. The van der Waals surface area contributed by atoms with Crippen LogP contribution in [0.2, 0.25) is 0 Å². The Morgan fingerprint density at radius 2 is 1.59 bits per heavy atom. The highest BCUT2D eigenvalue weighted by Crippen LogP contribution is 2.22. The van der Waals surface area contributed by atoms with Crippen molar-refractivity contribution in [3.8, 4) is 11.3 Å². The highest BCUT2D eigenvalue weighted by molar-refractivity contribution is 9.10. The molecule has 0 radical (unpaired) electrons. The molecule has 0 saturated carbocycles. The molecule has 5 nitrogen and oxygen atoms in total. The summed E-state index contributed by atoms with van der Waals surface area (Å²) < 4.78 is 0.906. The van der Waals surface area contributed by atoms with Crippen molar-refractivity contribution in [3.05, 3.63) is 101 Å². The van der Waals surface area contributed by atoms with Gasteiger partial charge in [-0.3, -0.25) is 4.79 Å². The lowest BCUT2D eigenvalue weighted by molar-refractivity contribution is 0.102. The molecular weight excluding hydrogens is 428 g/mol. The smallest absolute Gasteiger partial charge is 0.255 e. The van der Waals surface area contributed by atoms with Gasteiger partial charge >= 0.3 is 0 Å². The summed E-state index contributed by atoms with van der Waals surface area (Å²) in [4.78, 5) is 21.2. The number of aromatic nitrogens is 2. The van der Waals surface area contributed by atoms with E-state index in [1.807, 2.05) is 72.8 Å². The lowest BCUT2D eigenvalue weighted by atomic mass is 10.1. The number of nitrogens with zero attached hydrogens (tertiary/aromatic N) is 2. The molecule has 142 valence electrons. The summed E-state index contributed by atoms with van der Waals surface area (Å²) >= 11 is 3.41. The maximum atomic E-state index is 12.6. The van der Waals surface area contributed by atoms with Gasteiger partial charge in [-0.05, 0) is 36.4 Å². The summed E-state index contributed by atoms with van der Waals surface area (Å²) in [6.07, 6.45) is 1.52. The van der Waals surface area contributed by atoms with Crippen LogP contribution in [-0.2, 0) is 0 Å². The number of carbonyl (C=O) groups excluding carboxylic acids is 1. The molecule has 1 amide bonds. The Bertz CT molecular complexity index is 1150. The molecule has 2 N–H and O–H groups in total. The SMILES string of the molecule is O=C(Nc1cccc(Br)c1)c1cccc(Nc2cc(-c3ccccc3)ncn2)c1. The summed E-state index contributed by atoms with van der Waals surface area (Å²) in [5.74, 6) is 0.475. The molecule has 0 unspecified atom stereocenters. The standard InChI is InChI=1S/C23H17BrN4O/c24-18-9-5-11-20(13-18)28-23(29)17-8-4-10-19(12-17)27-22-14-21(25-15-26-22)16-6-2-1-3-7-16/h1-15H,(H,28,29)(H,25,26,27). The molecule has 0 spiro atoms. The second kappa shape index (κ2) is 8.67. The Morgan fingerprint density at radius 1 is 0.793 bits per heavy atom. The van der Waals surface area contributed by atoms with Crippen molar-refractivity contribution in [2.24, 2.45) is 0 Å². The van der Waals surface area contributed by atoms with E-state index in [9.17, 15) is 4.79 Å². The number of hydrogen-bond donors (Lipinski definition) is 2.